The molecule has 0 radical (unpaired) electrons. The number of esters is 1. The van der Waals surface area contributed by atoms with Crippen LogP contribution in [0.25, 0.3) is 0 Å². The van der Waals surface area contributed by atoms with Gasteiger partial charge in [-0.05, 0) is 57.6 Å². The summed E-state index contributed by atoms with van der Waals surface area (Å²) >= 11 is 0. The predicted octanol–water partition coefficient (Wildman–Crippen LogP) is 4.04. The summed E-state index contributed by atoms with van der Waals surface area (Å²) < 4.78 is 17.2. The molecule has 0 amide bonds. The van der Waals surface area contributed by atoms with Gasteiger partial charge in [-0.2, -0.15) is 0 Å². The standard InChI is InChI=1S/C26H38O6/c1-18(2)31-26(29)13-7-11-21-10-6-12-23-22(24(28)16-25(23)32-21)15-14-19(27)17-30-20-8-4-3-5-9-20/h3-5,8-9,14-15,18-19,21-25,27-28H,6-7,10-13,16-17H2,1-2H3/b15-14+/t19-,21+,22-,23-,24-,25+/m1/s1. The van der Waals surface area contributed by atoms with E-state index in [4.69, 9.17) is 14.2 Å². The maximum atomic E-state index is 11.8. The smallest absolute Gasteiger partial charge is 0.306 e. The minimum absolute atomic E-state index is 0.0208. The summed E-state index contributed by atoms with van der Waals surface area (Å²) in [5.41, 5.74) is 0. The topological polar surface area (TPSA) is 85.2 Å². The molecule has 6 atom stereocenters. The molecule has 1 aromatic rings. The van der Waals surface area contributed by atoms with Gasteiger partial charge in [-0.15, -0.1) is 0 Å². The SMILES string of the molecule is CC(C)OC(=O)CCC[C@@H]1CCC[C@@H]2[C@@H](/C=C/[C@@H](O)COc3ccccc3)[C@H](O)C[C@@H]2O1. The number of carbonyl (C=O) groups is 1. The molecular weight excluding hydrogens is 408 g/mol. The summed E-state index contributed by atoms with van der Waals surface area (Å²) in [5.74, 6) is 0.801. The highest BCUT2D eigenvalue weighted by Gasteiger charge is 2.43. The fourth-order valence-electron chi connectivity index (χ4n) is 4.82. The zero-order valence-electron chi connectivity index (χ0n) is 19.3. The van der Waals surface area contributed by atoms with Crippen LogP contribution in [0, 0.1) is 11.8 Å². The molecule has 2 aliphatic rings. The van der Waals surface area contributed by atoms with E-state index >= 15 is 0 Å². The number of fused-ring (bicyclic) bond motifs is 1. The monoisotopic (exact) mass is 446 g/mol. The highest BCUT2D eigenvalue weighted by Crippen LogP contribution is 2.42. The summed E-state index contributed by atoms with van der Waals surface area (Å²) in [7, 11) is 0. The molecule has 3 rings (SSSR count). The molecular formula is C26H38O6. The number of ether oxygens (including phenoxy) is 3. The van der Waals surface area contributed by atoms with E-state index in [1.807, 2.05) is 50.3 Å². The second-order valence-corrected chi connectivity index (χ2v) is 9.28. The molecule has 1 aromatic carbocycles. The zero-order chi connectivity index (χ0) is 22.9. The lowest BCUT2D eigenvalue weighted by Gasteiger charge is -2.23. The van der Waals surface area contributed by atoms with E-state index in [1.165, 1.54) is 0 Å². The lowest BCUT2D eigenvalue weighted by atomic mass is 9.88. The molecule has 1 saturated heterocycles. The first-order valence-electron chi connectivity index (χ1n) is 12.0. The second kappa shape index (κ2) is 12.4. The molecule has 1 saturated carbocycles. The van der Waals surface area contributed by atoms with Crippen molar-refractivity contribution < 1.29 is 29.2 Å². The maximum Gasteiger partial charge on any atom is 0.306 e. The molecule has 0 spiro atoms. The molecule has 0 aromatic heterocycles. The van der Waals surface area contributed by atoms with Crippen LogP contribution in [-0.4, -0.2) is 53.3 Å². The minimum Gasteiger partial charge on any atom is -0.491 e. The van der Waals surface area contributed by atoms with E-state index in [0.29, 0.717) is 12.8 Å². The van der Waals surface area contributed by atoms with E-state index in [1.54, 1.807) is 6.08 Å². The third-order valence-electron chi connectivity index (χ3n) is 6.31. The van der Waals surface area contributed by atoms with Crippen LogP contribution < -0.4 is 4.74 Å². The fourth-order valence-corrected chi connectivity index (χ4v) is 4.82. The normalized spacial score (nSPS) is 29.0. The van der Waals surface area contributed by atoms with Gasteiger partial charge in [0.05, 0.1) is 24.4 Å². The Hall–Kier alpha value is -1.89. The van der Waals surface area contributed by atoms with Gasteiger partial charge in [-0.25, -0.2) is 0 Å². The number of para-hydroxylation sites is 1. The number of aliphatic hydroxyl groups is 2. The van der Waals surface area contributed by atoms with E-state index in [0.717, 1.165) is 37.9 Å². The van der Waals surface area contributed by atoms with Gasteiger partial charge in [0.15, 0.2) is 0 Å². The number of benzene rings is 1. The molecule has 0 unspecified atom stereocenters. The fraction of sp³-hybridized carbons (Fsp3) is 0.654. The Bertz CT molecular complexity index is 718. The quantitative estimate of drug-likeness (QED) is 0.417. The summed E-state index contributed by atoms with van der Waals surface area (Å²) in [6.07, 6.45) is 8.19. The molecule has 2 N–H and O–H groups in total. The van der Waals surface area contributed by atoms with E-state index in [-0.39, 0.29) is 42.7 Å². The Morgan fingerprint density at radius 1 is 1.25 bits per heavy atom. The molecule has 1 aliphatic heterocycles. The van der Waals surface area contributed by atoms with Gasteiger partial charge in [0, 0.05) is 18.8 Å². The summed E-state index contributed by atoms with van der Waals surface area (Å²) in [6, 6.07) is 9.41. The van der Waals surface area contributed by atoms with Crippen molar-refractivity contribution in [2.45, 2.75) is 89.3 Å². The number of carbonyl (C=O) groups excluding carboxylic acids is 1. The van der Waals surface area contributed by atoms with Crippen LogP contribution in [-0.2, 0) is 14.3 Å². The minimum atomic E-state index is -0.730. The Labute approximate surface area is 191 Å². The van der Waals surface area contributed by atoms with Gasteiger partial charge < -0.3 is 24.4 Å². The molecule has 178 valence electrons. The van der Waals surface area contributed by atoms with Crippen LogP contribution in [0.1, 0.15) is 58.8 Å². The van der Waals surface area contributed by atoms with Crippen LogP contribution in [0.3, 0.4) is 0 Å². The summed E-state index contributed by atoms with van der Waals surface area (Å²) in [6.45, 7) is 3.89. The first-order chi connectivity index (χ1) is 15.4. The first kappa shape index (κ1) is 24.7. The molecule has 0 bridgehead atoms. The average Bonchev–Trinajstić information content (AvgIpc) is 2.91. The molecule has 1 heterocycles. The number of hydrogen-bond acceptors (Lipinski definition) is 6. The average molecular weight is 447 g/mol. The first-order valence-corrected chi connectivity index (χ1v) is 12.0. The van der Waals surface area contributed by atoms with Gasteiger partial charge in [0.2, 0.25) is 0 Å². The second-order valence-electron chi connectivity index (χ2n) is 9.28. The van der Waals surface area contributed by atoms with Gasteiger partial charge >= 0.3 is 5.97 Å². The largest absolute Gasteiger partial charge is 0.491 e. The molecule has 6 nitrogen and oxygen atoms in total. The Morgan fingerprint density at radius 2 is 2.03 bits per heavy atom. The number of hydrogen-bond donors (Lipinski definition) is 2. The van der Waals surface area contributed by atoms with Crippen LogP contribution in [0.15, 0.2) is 42.5 Å². The van der Waals surface area contributed by atoms with Crippen molar-refractivity contribution in [2.75, 3.05) is 6.61 Å². The van der Waals surface area contributed by atoms with Crippen molar-refractivity contribution in [1.82, 2.24) is 0 Å². The Balaban J connectivity index is 1.46. The lowest BCUT2D eigenvalue weighted by Crippen LogP contribution is -2.24. The van der Waals surface area contributed by atoms with Crippen LogP contribution in [0.4, 0.5) is 0 Å². The third kappa shape index (κ3) is 7.61. The Kier molecular flexibility index (Phi) is 9.57. The highest BCUT2D eigenvalue weighted by atomic mass is 16.5. The van der Waals surface area contributed by atoms with Gasteiger partial charge in [-0.3, -0.25) is 4.79 Å². The maximum absolute atomic E-state index is 11.8. The number of aliphatic hydroxyl groups excluding tert-OH is 2. The van der Waals surface area contributed by atoms with Gasteiger partial charge in [0.25, 0.3) is 0 Å². The lowest BCUT2D eigenvalue weighted by molar-refractivity contribution is -0.147. The van der Waals surface area contributed by atoms with E-state index < -0.39 is 12.2 Å². The van der Waals surface area contributed by atoms with Crippen LogP contribution >= 0.6 is 0 Å². The molecule has 2 fully saturated rings. The van der Waals surface area contributed by atoms with Gasteiger partial charge in [-0.1, -0.05) is 36.8 Å². The molecule has 32 heavy (non-hydrogen) atoms. The van der Waals surface area contributed by atoms with Crippen molar-refractivity contribution in [1.29, 1.82) is 0 Å². The van der Waals surface area contributed by atoms with Crippen LogP contribution in [0.2, 0.25) is 0 Å². The zero-order valence-corrected chi connectivity index (χ0v) is 19.3. The van der Waals surface area contributed by atoms with Gasteiger partial charge in [0.1, 0.15) is 18.5 Å². The third-order valence-corrected chi connectivity index (χ3v) is 6.31. The predicted molar refractivity (Wildman–Crippen MR) is 122 cm³/mol. The van der Waals surface area contributed by atoms with E-state index in [9.17, 15) is 15.0 Å². The van der Waals surface area contributed by atoms with Crippen molar-refractivity contribution >= 4 is 5.97 Å². The van der Waals surface area contributed by atoms with E-state index in [2.05, 4.69) is 0 Å². The van der Waals surface area contributed by atoms with Crippen molar-refractivity contribution in [3.8, 4) is 5.75 Å². The molecule has 6 heteroatoms. The van der Waals surface area contributed by atoms with Crippen molar-refractivity contribution in [3.63, 3.8) is 0 Å². The summed E-state index contributed by atoms with van der Waals surface area (Å²) in [5, 5.41) is 20.9. The Morgan fingerprint density at radius 3 is 2.78 bits per heavy atom. The highest BCUT2D eigenvalue weighted by molar-refractivity contribution is 5.69. The summed E-state index contributed by atoms with van der Waals surface area (Å²) in [4.78, 5) is 11.8. The van der Waals surface area contributed by atoms with Crippen molar-refractivity contribution in [2.24, 2.45) is 11.8 Å². The van der Waals surface area contributed by atoms with Crippen molar-refractivity contribution in [3.05, 3.63) is 42.5 Å². The van der Waals surface area contributed by atoms with Crippen LogP contribution in [0.5, 0.6) is 5.75 Å². The molecule has 1 aliphatic carbocycles. The number of rotatable bonds is 10.